The summed E-state index contributed by atoms with van der Waals surface area (Å²) in [4.78, 5) is 0. The van der Waals surface area contributed by atoms with Gasteiger partial charge in [-0.15, -0.1) is 0 Å². The van der Waals surface area contributed by atoms with Crippen LogP contribution in [-0.2, 0) is 6.54 Å². The first-order valence-electron chi connectivity index (χ1n) is 3.45. The molecule has 10 heavy (non-hydrogen) atoms. The molecular weight excluding hydrogens is 122 g/mol. The van der Waals surface area contributed by atoms with Crippen molar-refractivity contribution in [1.82, 2.24) is 4.57 Å². The van der Waals surface area contributed by atoms with Crippen LogP contribution in [0.25, 0.3) is 6.08 Å². The van der Waals surface area contributed by atoms with E-state index in [2.05, 4.69) is 47.2 Å². The Morgan fingerprint density at radius 2 is 2.30 bits per heavy atom. The maximum Gasteiger partial charge on any atom is 0.0409 e. The van der Waals surface area contributed by atoms with Crippen LogP contribution in [0.3, 0.4) is 0 Å². The van der Waals surface area contributed by atoms with E-state index in [1.165, 1.54) is 5.69 Å². The van der Waals surface area contributed by atoms with Gasteiger partial charge in [0.15, 0.2) is 0 Å². The molecule has 2 rings (SSSR count). The smallest absolute Gasteiger partial charge is 0.0409 e. The van der Waals surface area contributed by atoms with Crippen molar-refractivity contribution in [3.8, 4) is 0 Å². The zero-order valence-electron chi connectivity index (χ0n) is 5.70. The maximum absolute atomic E-state index is 2.21. The Morgan fingerprint density at radius 1 is 1.30 bits per heavy atom. The first-order chi connectivity index (χ1) is 4.97. The van der Waals surface area contributed by atoms with Gasteiger partial charge in [-0.2, -0.15) is 0 Å². The second-order valence-electron chi connectivity index (χ2n) is 2.37. The molecule has 1 aliphatic heterocycles. The zero-order valence-corrected chi connectivity index (χ0v) is 5.70. The maximum atomic E-state index is 2.21. The van der Waals surface area contributed by atoms with Gasteiger partial charge in [0.25, 0.3) is 0 Å². The molecule has 0 amide bonds. The highest BCUT2D eigenvalue weighted by Gasteiger charge is 1.94. The van der Waals surface area contributed by atoms with E-state index in [9.17, 15) is 0 Å². The molecule has 0 spiro atoms. The van der Waals surface area contributed by atoms with E-state index in [0.29, 0.717) is 0 Å². The average Bonchev–Trinajstić information content (AvgIpc) is 2.28. The van der Waals surface area contributed by atoms with Crippen LogP contribution in [0.15, 0.2) is 36.6 Å². The molecular formula is C9H9N. The molecule has 0 atom stereocenters. The van der Waals surface area contributed by atoms with E-state index in [1.807, 2.05) is 0 Å². The van der Waals surface area contributed by atoms with Crippen LogP contribution >= 0.6 is 0 Å². The summed E-state index contributed by atoms with van der Waals surface area (Å²) < 4.78 is 2.21. The first kappa shape index (κ1) is 5.54. The number of aromatic nitrogens is 1. The molecule has 0 radical (unpaired) electrons. The van der Waals surface area contributed by atoms with Crippen LogP contribution in [0.2, 0.25) is 0 Å². The lowest BCUT2D eigenvalue weighted by atomic mass is 10.4. The largest absolute Gasteiger partial charge is 0.344 e. The zero-order chi connectivity index (χ0) is 6.81. The molecule has 0 aliphatic carbocycles. The summed E-state index contributed by atoms with van der Waals surface area (Å²) in [6.07, 6.45) is 10.5. The lowest BCUT2D eigenvalue weighted by molar-refractivity contribution is 0.824. The van der Waals surface area contributed by atoms with Crippen molar-refractivity contribution in [3.63, 3.8) is 0 Å². The third kappa shape index (κ3) is 0.798. The van der Waals surface area contributed by atoms with Gasteiger partial charge in [-0.3, -0.25) is 0 Å². The van der Waals surface area contributed by atoms with Crippen LogP contribution in [0.5, 0.6) is 0 Å². The van der Waals surface area contributed by atoms with Gasteiger partial charge in [-0.05, 0) is 18.2 Å². The van der Waals surface area contributed by atoms with Crippen molar-refractivity contribution in [2.24, 2.45) is 0 Å². The first-order valence-corrected chi connectivity index (χ1v) is 3.45. The number of nitrogens with zero attached hydrogens (tertiary/aromatic N) is 1. The van der Waals surface area contributed by atoms with Crippen LogP contribution < -0.4 is 0 Å². The molecule has 0 unspecified atom stereocenters. The summed E-state index contributed by atoms with van der Waals surface area (Å²) >= 11 is 0. The quantitative estimate of drug-likeness (QED) is 0.508. The van der Waals surface area contributed by atoms with Crippen molar-refractivity contribution >= 4 is 6.08 Å². The Bertz CT molecular complexity index is 279. The van der Waals surface area contributed by atoms with Crippen LogP contribution in [0.1, 0.15) is 5.69 Å². The summed E-state index contributed by atoms with van der Waals surface area (Å²) in [6.45, 7) is 0.995. The van der Waals surface area contributed by atoms with Gasteiger partial charge in [0, 0.05) is 18.4 Å². The van der Waals surface area contributed by atoms with Crippen molar-refractivity contribution in [3.05, 3.63) is 42.3 Å². The third-order valence-electron chi connectivity index (χ3n) is 1.68. The third-order valence-corrected chi connectivity index (χ3v) is 1.68. The monoisotopic (exact) mass is 131 g/mol. The van der Waals surface area contributed by atoms with Crippen molar-refractivity contribution in [2.45, 2.75) is 6.54 Å². The Kier molecular flexibility index (Phi) is 1.21. The Hall–Kier alpha value is -1.24. The molecule has 50 valence electrons. The molecule has 0 N–H and O–H groups in total. The average molecular weight is 131 g/mol. The standard InChI is InChI=1S/C9H9N/c1-2-5-9-6-4-8-10(9)7-3-1/h1-6,8H,7H2. The fraction of sp³-hybridized carbons (Fsp3) is 0.111. The summed E-state index contributed by atoms with van der Waals surface area (Å²) in [5, 5.41) is 0. The Morgan fingerprint density at radius 3 is 3.30 bits per heavy atom. The topological polar surface area (TPSA) is 4.93 Å². The molecule has 2 heterocycles. The molecule has 0 bridgehead atoms. The van der Waals surface area contributed by atoms with E-state index in [1.54, 1.807) is 0 Å². The number of hydrogen-bond acceptors (Lipinski definition) is 0. The van der Waals surface area contributed by atoms with Crippen molar-refractivity contribution in [2.75, 3.05) is 0 Å². The molecule has 1 aliphatic rings. The van der Waals surface area contributed by atoms with Gasteiger partial charge in [0.2, 0.25) is 0 Å². The van der Waals surface area contributed by atoms with Gasteiger partial charge in [-0.1, -0.05) is 18.2 Å². The SMILES string of the molecule is C1=CCn2cccc2C=C1. The molecule has 1 nitrogen and oxygen atoms in total. The highest BCUT2D eigenvalue weighted by atomic mass is 14.9. The molecule has 1 aromatic heterocycles. The summed E-state index contributed by atoms with van der Waals surface area (Å²) in [5.41, 5.74) is 1.28. The van der Waals surface area contributed by atoms with E-state index < -0.39 is 0 Å². The molecule has 0 saturated heterocycles. The van der Waals surface area contributed by atoms with E-state index in [-0.39, 0.29) is 0 Å². The van der Waals surface area contributed by atoms with Crippen molar-refractivity contribution in [1.29, 1.82) is 0 Å². The Labute approximate surface area is 60.3 Å². The van der Waals surface area contributed by atoms with E-state index in [4.69, 9.17) is 0 Å². The fourth-order valence-corrected chi connectivity index (χ4v) is 1.15. The molecule has 1 heteroatoms. The summed E-state index contributed by atoms with van der Waals surface area (Å²) in [5.74, 6) is 0. The molecule has 1 aromatic rings. The van der Waals surface area contributed by atoms with Gasteiger partial charge in [0.05, 0.1) is 0 Å². The van der Waals surface area contributed by atoms with Gasteiger partial charge in [-0.25, -0.2) is 0 Å². The number of rotatable bonds is 0. The lowest BCUT2D eigenvalue weighted by Crippen LogP contribution is -1.93. The summed E-state index contributed by atoms with van der Waals surface area (Å²) in [7, 11) is 0. The van der Waals surface area contributed by atoms with Crippen molar-refractivity contribution < 1.29 is 0 Å². The van der Waals surface area contributed by atoms with Gasteiger partial charge >= 0.3 is 0 Å². The molecule has 0 saturated carbocycles. The highest BCUT2D eigenvalue weighted by molar-refractivity contribution is 5.48. The van der Waals surface area contributed by atoms with Gasteiger partial charge < -0.3 is 4.57 Å². The predicted octanol–water partition coefficient (Wildman–Crippen LogP) is 2.07. The fourth-order valence-electron chi connectivity index (χ4n) is 1.15. The normalized spacial score (nSPS) is 14.8. The minimum atomic E-state index is 0.995. The summed E-state index contributed by atoms with van der Waals surface area (Å²) in [6, 6.07) is 4.18. The van der Waals surface area contributed by atoms with Crippen LogP contribution in [-0.4, -0.2) is 4.57 Å². The highest BCUT2D eigenvalue weighted by Crippen LogP contribution is 2.07. The minimum Gasteiger partial charge on any atom is -0.344 e. The van der Waals surface area contributed by atoms with Crippen LogP contribution in [0.4, 0.5) is 0 Å². The lowest BCUT2D eigenvalue weighted by Gasteiger charge is -1.98. The molecule has 0 aromatic carbocycles. The second-order valence-corrected chi connectivity index (χ2v) is 2.37. The number of fused-ring (bicyclic) bond motifs is 1. The molecule has 0 fully saturated rings. The van der Waals surface area contributed by atoms with Crippen LogP contribution in [0, 0.1) is 0 Å². The number of hydrogen-bond donors (Lipinski definition) is 0. The van der Waals surface area contributed by atoms with E-state index >= 15 is 0 Å². The number of allylic oxidation sites excluding steroid dienone is 3. The predicted molar refractivity (Wildman–Crippen MR) is 42.6 cm³/mol. The van der Waals surface area contributed by atoms with E-state index in [0.717, 1.165) is 6.54 Å². The van der Waals surface area contributed by atoms with Gasteiger partial charge in [0.1, 0.15) is 0 Å². The minimum absolute atomic E-state index is 0.995. The Balaban J connectivity index is 2.50. The second kappa shape index (κ2) is 2.18.